The monoisotopic (exact) mass is 254 g/mol. The standard InChI is InChI=1S/C11H18N4O3/c16-11(8-4-2-1-3-5-8)15-6-9(13-17)12-10(7-15)14-18/h8,17-18H,1-7H2,(H,12,13,14). The smallest absolute Gasteiger partial charge is 0.226 e. The fourth-order valence-corrected chi connectivity index (χ4v) is 2.54. The van der Waals surface area contributed by atoms with Gasteiger partial charge in [-0.1, -0.05) is 29.6 Å². The maximum absolute atomic E-state index is 12.3. The van der Waals surface area contributed by atoms with Gasteiger partial charge in [0.25, 0.3) is 0 Å². The van der Waals surface area contributed by atoms with Crippen LogP contribution in [-0.4, -0.2) is 46.0 Å². The van der Waals surface area contributed by atoms with Crippen molar-refractivity contribution in [2.24, 2.45) is 16.2 Å². The zero-order chi connectivity index (χ0) is 13.0. The Balaban J connectivity index is 2.04. The number of oxime groups is 2. The van der Waals surface area contributed by atoms with Crippen LogP contribution in [0.3, 0.4) is 0 Å². The Bertz CT molecular complexity index is 354. The molecule has 0 aromatic heterocycles. The van der Waals surface area contributed by atoms with Crippen LogP contribution < -0.4 is 5.32 Å². The molecule has 18 heavy (non-hydrogen) atoms. The van der Waals surface area contributed by atoms with Crippen molar-refractivity contribution in [2.75, 3.05) is 13.1 Å². The summed E-state index contributed by atoms with van der Waals surface area (Å²) < 4.78 is 0. The molecule has 0 aromatic carbocycles. The molecule has 1 amide bonds. The van der Waals surface area contributed by atoms with Crippen molar-refractivity contribution in [3.63, 3.8) is 0 Å². The van der Waals surface area contributed by atoms with Crippen molar-refractivity contribution in [1.82, 2.24) is 10.2 Å². The Kier molecular flexibility index (Phi) is 4.01. The number of hydrogen-bond acceptors (Lipinski definition) is 5. The van der Waals surface area contributed by atoms with Crippen LogP contribution in [0.15, 0.2) is 10.3 Å². The van der Waals surface area contributed by atoms with E-state index in [1.807, 2.05) is 0 Å². The Morgan fingerprint density at radius 3 is 2.17 bits per heavy atom. The highest BCUT2D eigenvalue weighted by molar-refractivity contribution is 6.06. The largest absolute Gasteiger partial charge is 0.409 e. The highest BCUT2D eigenvalue weighted by Gasteiger charge is 2.30. The van der Waals surface area contributed by atoms with Crippen molar-refractivity contribution in [2.45, 2.75) is 32.1 Å². The molecule has 2 aliphatic rings. The number of amidine groups is 2. The summed E-state index contributed by atoms with van der Waals surface area (Å²) in [5.74, 6) is 0.548. The van der Waals surface area contributed by atoms with Gasteiger partial charge in [-0.2, -0.15) is 0 Å². The maximum Gasteiger partial charge on any atom is 0.226 e. The second kappa shape index (κ2) is 5.70. The Morgan fingerprint density at radius 2 is 1.67 bits per heavy atom. The third kappa shape index (κ3) is 2.72. The topological polar surface area (TPSA) is 97.5 Å². The molecule has 100 valence electrons. The van der Waals surface area contributed by atoms with Crippen LogP contribution in [0.4, 0.5) is 0 Å². The number of rotatable bonds is 1. The fraction of sp³-hybridized carbons (Fsp3) is 0.727. The molecule has 0 aromatic rings. The van der Waals surface area contributed by atoms with Crippen LogP contribution in [0, 0.1) is 5.92 Å². The van der Waals surface area contributed by atoms with Crippen LogP contribution >= 0.6 is 0 Å². The fourth-order valence-electron chi connectivity index (χ4n) is 2.54. The van der Waals surface area contributed by atoms with Crippen LogP contribution in [0.5, 0.6) is 0 Å². The molecular weight excluding hydrogens is 236 g/mol. The lowest BCUT2D eigenvalue weighted by Crippen LogP contribution is -2.55. The summed E-state index contributed by atoms with van der Waals surface area (Å²) in [6.45, 7) is 0.454. The lowest BCUT2D eigenvalue weighted by atomic mass is 9.88. The molecule has 3 N–H and O–H groups in total. The van der Waals surface area contributed by atoms with Crippen molar-refractivity contribution in [3.05, 3.63) is 0 Å². The molecule has 1 saturated carbocycles. The van der Waals surface area contributed by atoms with Gasteiger partial charge in [0.1, 0.15) is 0 Å². The normalized spacial score (nSPS) is 26.3. The minimum absolute atomic E-state index is 0.0525. The first-order valence-corrected chi connectivity index (χ1v) is 6.22. The van der Waals surface area contributed by atoms with Gasteiger partial charge >= 0.3 is 0 Å². The van der Waals surface area contributed by atoms with Crippen LogP contribution in [0.2, 0.25) is 0 Å². The van der Waals surface area contributed by atoms with Gasteiger partial charge in [-0.25, -0.2) is 0 Å². The van der Waals surface area contributed by atoms with Crippen LogP contribution in [-0.2, 0) is 4.79 Å². The van der Waals surface area contributed by atoms with E-state index < -0.39 is 0 Å². The number of amides is 1. The number of nitrogens with zero attached hydrogens (tertiary/aromatic N) is 3. The average molecular weight is 254 g/mol. The molecule has 0 unspecified atom stereocenters. The predicted molar refractivity (Wildman–Crippen MR) is 64.7 cm³/mol. The first kappa shape index (κ1) is 12.7. The van der Waals surface area contributed by atoms with Gasteiger partial charge in [-0.3, -0.25) is 4.79 Å². The summed E-state index contributed by atoms with van der Waals surface area (Å²) in [7, 11) is 0. The average Bonchev–Trinajstić information content (AvgIpc) is 2.46. The Hall–Kier alpha value is -1.79. The van der Waals surface area contributed by atoms with E-state index in [-0.39, 0.29) is 36.6 Å². The zero-order valence-electron chi connectivity index (χ0n) is 10.2. The summed E-state index contributed by atoms with van der Waals surface area (Å²) in [4.78, 5) is 13.9. The number of hydrogen-bond donors (Lipinski definition) is 3. The Labute approximate surface area is 105 Å². The maximum atomic E-state index is 12.3. The molecule has 2 rings (SSSR count). The molecule has 1 aliphatic heterocycles. The molecule has 1 heterocycles. The first-order valence-electron chi connectivity index (χ1n) is 6.22. The van der Waals surface area contributed by atoms with E-state index in [0.717, 1.165) is 25.7 Å². The number of carbonyl (C=O) groups excluding carboxylic acids is 1. The lowest BCUT2D eigenvalue weighted by molar-refractivity contribution is -0.135. The van der Waals surface area contributed by atoms with Crippen molar-refractivity contribution >= 4 is 17.6 Å². The van der Waals surface area contributed by atoms with Crippen LogP contribution in [0.25, 0.3) is 0 Å². The summed E-state index contributed by atoms with van der Waals surface area (Å²) in [5.41, 5.74) is 0. The molecule has 0 bridgehead atoms. The minimum atomic E-state index is 0.0525. The van der Waals surface area contributed by atoms with E-state index >= 15 is 0 Å². The number of piperazine rings is 1. The van der Waals surface area contributed by atoms with Gasteiger partial charge in [-0.15, -0.1) is 0 Å². The second-order valence-electron chi connectivity index (χ2n) is 4.75. The Morgan fingerprint density at radius 1 is 1.11 bits per heavy atom. The van der Waals surface area contributed by atoms with E-state index in [2.05, 4.69) is 15.6 Å². The third-order valence-electron chi connectivity index (χ3n) is 3.48. The second-order valence-corrected chi connectivity index (χ2v) is 4.75. The van der Waals surface area contributed by atoms with Gasteiger partial charge in [-0.05, 0) is 12.8 Å². The predicted octanol–water partition coefficient (Wildman–Crippen LogP) is 0.574. The van der Waals surface area contributed by atoms with Gasteiger partial charge in [0.2, 0.25) is 5.91 Å². The molecule has 0 radical (unpaired) electrons. The summed E-state index contributed by atoms with van der Waals surface area (Å²) in [5, 5.41) is 26.3. The zero-order valence-corrected chi connectivity index (χ0v) is 10.2. The lowest BCUT2D eigenvalue weighted by Gasteiger charge is -2.32. The summed E-state index contributed by atoms with van der Waals surface area (Å²) in [6.07, 6.45) is 5.20. The van der Waals surface area contributed by atoms with Gasteiger partial charge in [0.05, 0.1) is 13.1 Å². The highest BCUT2D eigenvalue weighted by atomic mass is 16.4. The number of carbonyl (C=O) groups is 1. The molecule has 0 spiro atoms. The van der Waals surface area contributed by atoms with Crippen molar-refractivity contribution in [3.8, 4) is 0 Å². The third-order valence-corrected chi connectivity index (χ3v) is 3.48. The van der Waals surface area contributed by atoms with Gasteiger partial charge in [0.15, 0.2) is 11.7 Å². The van der Waals surface area contributed by atoms with Crippen molar-refractivity contribution in [1.29, 1.82) is 0 Å². The molecule has 7 heteroatoms. The van der Waals surface area contributed by atoms with Gasteiger partial charge < -0.3 is 20.6 Å². The summed E-state index contributed by atoms with van der Waals surface area (Å²) in [6, 6.07) is 0. The molecule has 1 saturated heterocycles. The minimum Gasteiger partial charge on any atom is -0.409 e. The van der Waals surface area contributed by atoms with E-state index in [0.29, 0.717) is 0 Å². The molecule has 0 atom stereocenters. The first-order chi connectivity index (χ1) is 8.74. The number of nitrogens with one attached hydrogen (secondary N) is 1. The van der Waals surface area contributed by atoms with E-state index in [4.69, 9.17) is 10.4 Å². The molecule has 2 fully saturated rings. The van der Waals surface area contributed by atoms with Crippen molar-refractivity contribution < 1.29 is 15.2 Å². The quantitative estimate of drug-likeness (QED) is 0.471. The van der Waals surface area contributed by atoms with E-state index in [1.54, 1.807) is 4.90 Å². The van der Waals surface area contributed by atoms with E-state index in [1.165, 1.54) is 6.42 Å². The van der Waals surface area contributed by atoms with E-state index in [9.17, 15) is 4.79 Å². The van der Waals surface area contributed by atoms with Gasteiger partial charge in [0, 0.05) is 5.92 Å². The molecule has 7 nitrogen and oxygen atoms in total. The summed E-state index contributed by atoms with van der Waals surface area (Å²) >= 11 is 0. The SMILES string of the molecule is O=C(C1CCCCC1)N1C/C(=N/O)N/C(=N/O)C1. The van der Waals surface area contributed by atoms with Crippen LogP contribution in [0.1, 0.15) is 32.1 Å². The molecular formula is C11H18N4O3. The highest BCUT2D eigenvalue weighted by Crippen LogP contribution is 2.25. The molecule has 1 aliphatic carbocycles.